The number of piperidine rings is 1. The molecule has 0 radical (unpaired) electrons. The van der Waals surface area contributed by atoms with E-state index in [0.717, 1.165) is 43.9 Å². The fourth-order valence-corrected chi connectivity index (χ4v) is 4.72. The molecule has 1 aromatic heterocycles. The lowest BCUT2D eigenvalue weighted by atomic mass is 9.95. The summed E-state index contributed by atoms with van der Waals surface area (Å²) < 4.78 is 38.6. The van der Waals surface area contributed by atoms with Crippen molar-refractivity contribution in [3.05, 3.63) is 46.6 Å². The molecule has 2 aliphatic rings. The Bertz CT molecular complexity index is 1080. The maximum atomic E-state index is 13.0. The molecule has 2 aromatic rings. The summed E-state index contributed by atoms with van der Waals surface area (Å²) in [6.07, 6.45) is -0.654. The molecule has 4 rings (SSSR count). The van der Waals surface area contributed by atoms with Crippen molar-refractivity contribution in [2.45, 2.75) is 31.9 Å². The third-order valence-corrected chi connectivity index (χ3v) is 6.58. The van der Waals surface area contributed by atoms with Crippen LogP contribution >= 0.6 is 11.6 Å². The molecule has 2 aliphatic heterocycles. The highest BCUT2D eigenvalue weighted by atomic mass is 35.5. The number of hydrogen-bond acceptors (Lipinski definition) is 5. The Labute approximate surface area is 200 Å². The van der Waals surface area contributed by atoms with Gasteiger partial charge in [0, 0.05) is 43.9 Å². The molecular formula is C23H25ClF3N5O2. The van der Waals surface area contributed by atoms with E-state index in [1.165, 1.54) is 0 Å². The van der Waals surface area contributed by atoms with Crippen LogP contribution in [-0.2, 0) is 11.0 Å². The topological polar surface area (TPSA) is 91.6 Å². The van der Waals surface area contributed by atoms with Gasteiger partial charge in [-0.05, 0) is 49.9 Å². The van der Waals surface area contributed by atoms with Crippen molar-refractivity contribution < 1.29 is 22.8 Å². The van der Waals surface area contributed by atoms with Gasteiger partial charge in [-0.15, -0.1) is 0 Å². The third kappa shape index (κ3) is 5.22. The van der Waals surface area contributed by atoms with E-state index < -0.39 is 17.6 Å². The second kappa shape index (κ2) is 9.69. The number of nitrogens with one attached hydrogen (secondary N) is 1. The number of carbonyl (C=O) groups is 2. The molecule has 0 saturated carbocycles. The van der Waals surface area contributed by atoms with E-state index in [2.05, 4.69) is 15.2 Å². The SMILES string of the molecule is NC(=O)c1ccc(N2CCCC2)c(NC(=O)C2CCN(c3ncc(C(F)(F)F)cc3Cl)CC2)c1. The molecule has 2 saturated heterocycles. The van der Waals surface area contributed by atoms with Gasteiger partial charge in [0.2, 0.25) is 11.8 Å². The predicted octanol–water partition coefficient (Wildman–Crippen LogP) is 4.31. The minimum Gasteiger partial charge on any atom is -0.370 e. The zero-order chi connectivity index (χ0) is 24.5. The molecule has 2 fully saturated rings. The van der Waals surface area contributed by atoms with Crippen molar-refractivity contribution in [2.24, 2.45) is 11.7 Å². The van der Waals surface area contributed by atoms with Crippen LogP contribution in [0.3, 0.4) is 0 Å². The minimum absolute atomic E-state index is 0.0729. The number of nitrogens with two attached hydrogens (primary N) is 1. The van der Waals surface area contributed by atoms with Crippen LogP contribution < -0.4 is 20.9 Å². The van der Waals surface area contributed by atoms with Crippen molar-refractivity contribution >= 4 is 40.6 Å². The Morgan fingerprint density at radius 1 is 1.06 bits per heavy atom. The first-order valence-electron chi connectivity index (χ1n) is 11.1. The fraction of sp³-hybridized carbons (Fsp3) is 0.435. The van der Waals surface area contributed by atoms with Crippen molar-refractivity contribution in [3.63, 3.8) is 0 Å². The van der Waals surface area contributed by atoms with Gasteiger partial charge in [-0.3, -0.25) is 9.59 Å². The third-order valence-electron chi connectivity index (χ3n) is 6.30. The summed E-state index contributed by atoms with van der Waals surface area (Å²) in [5, 5.41) is 2.90. The Balaban J connectivity index is 1.43. The summed E-state index contributed by atoms with van der Waals surface area (Å²) in [6, 6.07) is 5.94. The van der Waals surface area contributed by atoms with Crippen LogP contribution in [0.1, 0.15) is 41.6 Å². The van der Waals surface area contributed by atoms with E-state index in [1.54, 1.807) is 17.0 Å². The van der Waals surface area contributed by atoms with E-state index in [4.69, 9.17) is 17.3 Å². The van der Waals surface area contributed by atoms with Gasteiger partial charge in [-0.25, -0.2) is 4.98 Å². The Morgan fingerprint density at radius 2 is 1.74 bits per heavy atom. The van der Waals surface area contributed by atoms with Crippen molar-refractivity contribution in [1.82, 2.24) is 4.98 Å². The summed E-state index contributed by atoms with van der Waals surface area (Å²) in [5.41, 5.74) is 6.25. The second-order valence-electron chi connectivity index (χ2n) is 8.57. The number of rotatable bonds is 5. The van der Waals surface area contributed by atoms with Crippen LogP contribution in [0.25, 0.3) is 0 Å². The van der Waals surface area contributed by atoms with E-state index in [0.29, 0.717) is 37.2 Å². The van der Waals surface area contributed by atoms with Gasteiger partial charge in [-0.1, -0.05) is 11.6 Å². The standard InChI is InChI=1S/C23H25ClF3N5O2/c24-17-12-16(23(25,26)27)13-29-21(17)32-9-5-14(6-10-32)22(34)30-18-11-15(20(28)33)3-4-19(18)31-7-1-2-8-31/h3-4,11-14H,1-2,5-10H2,(H2,28,33)(H,30,34). The molecule has 11 heteroatoms. The van der Waals surface area contributed by atoms with E-state index in [-0.39, 0.29) is 22.7 Å². The second-order valence-corrected chi connectivity index (χ2v) is 8.98. The molecule has 3 N–H and O–H groups in total. The van der Waals surface area contributed by atoms with Gasteiger partial charge in [-0.2, -0.15) is 13.2 Å². The van der Waals surface area contributed by atoms with Crippen molar-refractivity contribution in [3.8, 4) is 0 Å². The lowest BCUT2D eigenvalue weighted by Gasteiger charge is -2.33. The number of carbonyl (C=O) groups excluding carboxylic acids is 2. The highest BCUT2D eigenvalue weighted by molar-refractivity contribution is 6.33. The number of amides is 2. The lowest BCUT2D eigenvalue weighted by Crippen LogP contribution is -2.39. The molecule has 34 heavy (non-hydrogen) atoms. The lowest BCUT2D eigenvalue weighted by molar-refractivity contribution is -0.137. The monoisotopic (exact) mass is 495 g/mol. The summed E-state index contributed by atoms with van der Waals surface area (Å²) >= 11 is 6.07. The smallest absolute Gasteiger partial charge is 0.370 e. The number of halogens is 4. The van der Waals surface area contributed by atoms with E-state index in [1.807, 2.05) is 6.07 Å². The average molecular weight is 496 g/mol. The normalized spacial score (nSPS) is 17.2. The van der Waals surface area contributed by atoms with Crippen LogP contribution in [0.2, 0.25) is 5.02 Å². The van der Waals surface area contributed by atoms with Gasteiger partial charge < -0.3 is 20.9 Å². The number of primary amides is 1. The van der Waals surface area contributed by atoms with Crippen LogP contribution in [0.4, 0.5) is 30.4 Å². The maximum absolute atomic E-state index is 13.0. The van der Waals surface area contributed by atoms with Gasteiger partial charge >= 0.3 is 6.18 Å². The number of benzene rings is 1. The summed E-state index contributed by atoms with van der Waals surface area (Å²) in [5.74, 6) is -0.766. The molecule has 0 atom stereocenters. The van der Waals surface area contributed by atoms with Crippen LogP contribution in [0, 0.1) is 5.92 Å². The molecule has 1 aromatic carbocycles. The molecular weight excluding hydrogens is 471 g/mol. The number of pyridine rings is 1. The zero-order valence-electron chi connectivity index (χ0n) is 18.4. The number of alkyl halides is 3. The first kappa shape index (κ1) is 24.1. The Morgan fingerprint density at radius 3 is 2.32 bits per heavy atom. The first-order chi connectivity index (χ1) is 16.1. The van der Waals surface area contributed by atoms with Gasteiger partial charge in [0.05, 0.1) is 22.0 Å². The number of aromatic nitrogens is 1. The fourth-order valence-electron chi connectivity index (χ4n) is 4.43. The molecule has 182 valence electrons. The van der Waals surface area contributed by atoms with E-state index in [9.17, 15) is 22.8 Å². The Kier molecular flexibility index (Phi) is 6.88. The predicted molar refractivity (Wildman–Crippen MR) is 124 cm³/mol. The zero-order valence-corrected chi connectivity index (χ0v) is 19.1. The van der Waals surface area contributed by atoms with Crippen molar-refractivity contribution in [1.29, 1.82) is 0 Å². The molecule has 0 bridgehead atoms. The number of nitrogens with zero attached hydrogens (tertiary/aromatic N) is 3. The molecule has 7 nitrogen and oxygen atoms in total. The molecule has 2 amide bonds. The minimum atomic E-state index is -4.51. The van der Waals surface area contributed by atoms with Crippen molar-refractivity contribution in [2.75, 3.05) is 41.3 Å². The highest BCUT2D eigenvalue weighted by Gasteiger charge is 2.33. The Hall–Kier alpha value is -3.01. The quantitative estimate of drug-likeness (QED) is 0.645. The van der Waals surface area contributed by atoms with E-state index >= 15 is 0 Å². The van der Waals surface area contributed by atoms with Gasteiger partial charge in [0.1, 0.15) is 5.82 Å². The van der Waals surface area contributed by atoms with Crippen LogP contribution in [0.15, 0.2) is 30.5 Å². The summed E-state index contributed by atoms with van der Waals surface area (Å²) in [6.45, 7) is 2.60. The largest absolute Gasteiger partial charge is 0.417 e. The molecule has 3 heterocycles. The molecule has 0 aliphatic carbocycles. The van der Waals surface area contributed by atoms with Crippen LogP contribution in [-0.4, -0.2) is 43.0 Å². The first-order valence-corrected chi connectivity index (χ1v) is 11.5. The molecule has 0 spiro atoms. The summed E-state index contributed by atoms with van der Waals surface area (Å²) in [4.78, 5) is 32.6. The number of hydrogen-bond donors (Lipinski definition) is 2. The highest BCUT2D eigenvalue weighted by Crippen LogP contribution is 2.35. The van der Waals surface area contributed by atoms with Crippen LogP contribution in [0.5, 0.6) is 0 Å². The average Bonchev–Trinajstić information content (AvgIpc) is 3.33. The number of anilines is 3. The summed E-state index contributed by atoms with van der Waals surface area (Å²) in [7, 11) is 0. The molecule has 0 unspecified atom stereocenters. The van der Waals surface area contributed by atoms with Gasteiger partial charge in [0.15, 0.2) is 0 Å². The van der Waals surface area contributed by atoms with Gasteiger partial charge in [0.25, 0.3) is 0 Å². The maximum Gasteiger partial charge on any atom is 0.417 e.